The Morgan fingerprint density at radius 1 is 2.00 bits per heavy atom. The number of hydrogen-bond acceptors (Lipinski definition) is 4. The molecule has 10 heavy (non-hydrogen) atoms. The summed E-state index contributed by atoms with van der Waals surface area (Å²) in [6.45, 7) is 0.201. The molecule has 0 bridgehead atoms. The minimum atomic E-state index is -0.295. The second-order valence-electron chi connectivity index (χ2n) is 1.81. The quantitative estimate of drug-likeness (QED) is 0.145. The molecule has 0 saturated heterocycles. The Hall–Kier alpha value is -1.10. The molecule has 0 amide bonds. The number of nitrogens with two attached hydrogens (primary N) is 1. The van der Waals surface area contributed by atoms with E-state index in [0.29, 0.717) is 0 Å². The molecule has 0 radical (unpaired) electrons. The maximum absolute atomic E-state index is 7.92. The van der Waals surface area contributed by atoms with E-state index in [2.05, 4.69) is 10.0 Å². The van der Waals surface area contributed by atoms with Crippen LogP contribution in [0.3, 0.4) is 0 Å². The SMILES string of the molecule is CN(N)C(C=N)CN=[N+]=[N-]. The Kier molecular flexibility index (Phi) is 4.23. The molecule has 0 aliphatic heterocycles. The first-order chi connectivity index (χ1) is 4.72. The molecule has 0 aliphatic carbocycles. The van der Waals surface area contributed by atoms with Gasteiger partial charge in [-0.2, -0.15) is 0 Å². The van der Waals surface area contributed by atoms with Crippen molar-refractivity contribution in [1.29, 1.82) is 5.41 Å². The first-order valence-electron chi connectivity index (χ1n) is 2.71. The van der Waals surface area contributed by atoms with Crippen molar-refractivity contribution in [3.05, 3.63) is 10.4 Å². The summed E-state index contributed by atoms with van der Waals surface area (Å²) in [6.07, 6.45) is 1.13. The average molecular weight is 142 g/mol. The fourth-order valence-corrected chi connectivity index (χ4v) is 0.419. The third-order valence-corrected chi connectivity index (χ3v) is 1.05. The lowest BCUT2D eigenvalue weighted by Crippen LogP contribution is -2.40. The second kappa shape index (κ2) is 4.75. The van der Waals surface area contributed by atoms with Gasteiger partial charge in [-0.1, -0.05) is 5.11 Å². The summed E-state index contributed by atoms with van der Waals surface area (Å²) >= 11 is 0. The van der Waals surface area contributed by atoms with E-state index in [9.17, 15) is 0 Å². The molecule has 1 unspecified atom stereocenters. The number of azide groups is 1. The molecule has 6 heteroatoms. The van der Waals surface area contributed by atoms with E-state index in [1.54, 1.807) is 7.05 Å². The van der Waals surface area contributed by atoms with Crippen LogP contribution in [0.15, 0.2) is 5.11 Å². The van der Waals surface area contributed by atoms with Gasteiger partial charge in [-0.3, -0.25) is 5.84 Å². The van der Waals surface area contributed by atoms with Gasteiger partial charge in [0, 0.05) is 24.7 Å². The lowest BCUT2D eigenvalue weighted by Gasteiger charge is -2.15. The van der Waals surface area contributed by atoms with E-state index >= 15 is 0 Å². The van der Waals surface area contributed by atoms with Crippen LogP contribution in [0.1, 0.15) is 0 Å². The molecule has 0 rings (SSSR count). The molecule has 1 atom stereocenters. The molecule has 0 saturated carbocycles. The van der Waals surface area contributed by atoms with Crippen molar-refractivity contribution in [2.24, 2.45) is 11.0 Å². The smallest absolute Gasteiger partial charge is 0.0639 e. The minimum absolute atomic E-state index is 0.201. The zero-order chi connectivity index (χ0) is 7.98. The van der Waals surface area contributed by atoms with Crippen molar-refractivity contribution in [2.45, 2.75) is 6.04 Å². The van der Waals surface area contributed by atoms with Crippen molar-refractivity contribution >= 4 is 6.21 Å². The summed E-state index contributed by atoms with van der Waals surface area (Å²) in [5.74, 6) is 5.29. The van der Waals surface area contributed by atoms with Crippen LogP contribution < -0.4 is 5.84 Å². The standard InChI is InChI=1S/C4H10N6/c1-10(7)4(2-5)3-8-9-6/h2,4-5H,3,7H2,1H3. The van der Waals surface area contributed by atoms with Crippen LogP contribution in [0.2, 0.25) is 0 Å². The van der Waals surface area contributed by atoms with Gasteiger partial charge in [0.2, 0.25) is 0 Å². The van der Waals surface area contributed by atoms with Crippen LogP contribution in [-0.2, 0) is 0 Å². The van der Waals surface area contributed by atoms with Crippen molar-refractivity contribution in [2.75, 3.05) is 13.6 Å². The van der Waals surface area contributed by atoms with E-state index < -0.39 is 0 Å². The lowest BCUT2D eigenvalue weighted by molar-refractivity contribution is 0.316. The number of likely N-dealkylation sites (N-methyl/N-ethyl adjacent to an activating group) is 1. The molecule has 0 spiro atoms. The fourth-order valence-electron chi connectivity index (χ4n) is 0.419. The summed E-state index contributed by atoms with van der Waals surface area (Å²) < 4.78 is 0. The molecule has 0 fully saturated rings. The highest BCUT2D eigenvalue weighted by molar-refractivity contribution is 5.60. The van der Waals surface area contributed by atoms with E-state index in [1.807, 2.05) is 0 Å². The largest absolute Gasteiger partial charge is 0.311 e. The van der Waals surface area contributed by atoms with Crippen LogP contribution >= 0.6 is 0 Å². The van der Waals surface area contributed by atoms with E-state index in [0.717, 1.165) is 6.21 Å². The predicted molar refractivity (Wildman–Crippen MR) is 38.5 cm³/mol. The molecular weight excluding hydrogens is 132 g/mol. The number of rotatable bonds is 4. The molecule has 3 N–H and O–H groups in total. The van der Waals surface area contributed by atoms with Crippen molar-refractivity contribution in [1.82, 2.24) is 5.01 Å². The molecular formula is C4H10N6. The molecule has 6 nitrogen and oxygen atoms in total. The Labute approximate surface area is 58.7 Å². The number of hydrazine groups is 1. The van der Waals surface area contributed by atoms with Gasteiger partial charge in [-0.05, 0) is 5.53 Å². The van der Waals surface area contributed by atoms with Gasteiger partial charge >= 0.3 is 0 Å². The Bertz CT molecular complexity index is 146. The van der Waals surface area contributed by atoms with E-state index in [1.165, 1.54) is 5.01 Å². The van der Waals surface area contributed by atoms with Crippen molar-refractivity contribution < 1.29 is 0 Å². The highest BCUT2D eigenvalue weighted by atomic mass is 15.4. The molecule has 0 aromatic carbocycles. The van der Waals surface area contributed by atoms with E-state index in [-0.39, 0.29) is 12.6 Å². The van der Waals surface area contributed by atoms with Gasteiger partial charge in [0.15, 0.2) is 0 Å². The summed E-state index contributed by atoms with van der Waals surface area (Å²) in [7, 11) is 1.61. The fraction of sp³-hybridized carbons (Fsp3) is 0.750. The van der Waals surface area contributed by atoms with Gasteiger partial charge < -0.3 is 5.41 Å². The van der Waals surface area contributed by atoms with E-state index in [4.69, 9.17) is 16.8 Å². The topological polar surface area (TPSA) is 102 Å². The number of nitrogens with zero attached hydrogens (tertiary/aromatic N) is 4. The first kappa shape index (κ1) is 8.90. The Morgan fingerprint density at radius 3 is 2.90 bits per heavy atom. The Morgan fingerprint density at radius 2 is 2.60 bits per heavy atom. The highest BCUT2D eigenvalue weighted by Gasteiger charge is 2.04. The maximum Gasteiger partial charge on any atom is 0.0639 e. The highest BCUT2D eigenvalue weighted by Crippen LogP contribution is 1.86. The van der Waals surface area contributed by atoms with Gasteiger partial charge in [0.25, 0.3) is 0 Å². The van der Waals surface area contributed by atoms with Gasteiger partial charge in [0.1, 0.15) is 0 Å². The second-order valence-corrected chi connectivity index (χ2v) is 1.81. The predicted octanol–water partition coefficient (Wildman–Crippen LogP) is 0.120. The minimum Gasteiger partial charge on any atom is -0.311 e. The first-order valence-corrected chi connectivity index (χ1v) is 2.71. The van der Waals surface area contributed by atoms with Crippen LogP contribution in [0.5, 0.6) is 0 Å². The van der Waals surface area contributed by atoms with Crippen molar-refractivity contribution in [3.8, 4) is 0 Å². The number of nitrogens with one attached hydrogen (secondary N) is 1. The van der Waals surface area contributed by atoms with Crippen molar-refractivity contribution in [3.63, 3.8) is 0 Å². The van der Waals surface area contributed by atoms with Gasteiger partial charge in [0.05, 0.1) is 6.04 Å². The van der Waals surface area contributed by atoms with Gasteiger partial charge in [-0.15, -0.1) is 0 Å². The zero-order valence-corrected chi connectivity index (χ0v) is 5.73. The summed E-state index contributed by atoms with van der Waals surface area (Å²) in [5.41, 5.74) is 7.92. The molecule has 0 heterocycles. The normalized spacial score (nSPS) is 12.3. The van der Waals surface area contributed by atoms with Crippen LogP contribution in [0.4, 0.5) is 0 Å². The summed E-state index contributed by atoms with van der Waals surface area (Å²) in [5, 5.41) is 11.4. The lowest BCUT2D eigenvalue weighted by atomic mass is 10.3. The summed E-state index contributed by atoms with van der Waals surface area (Å²) in [4.78, 5) is 2.55. The molecule has 0 aromatic rings. The molecule has 56 valence electrons. The Balaban J connectivity index is 3.82. The average Bonchev–Trinajstić information content (AvgIpc) is 1.89. The van der Waals surface area contributed by atoms with Crippen LogP contribution in [0, 0.1) is 5.41 Å². The molecule has 0 aromatic heterocycles. The van der Waals surface area contributed by atoms with Crippen LogP contribution in [-0.4, -0.2) is 30.9 Å². The van der Waals surface area contributed by atoms with Crippen LogP contribution in [0.25, 0.3) is 10.4 Å². The summed E-state index contributed by atoms with van der Waals surface area (Å²) in [6, 6.07) is -0.295. The maximum atomic E-state index is 7.92. The third-order valence-electron chi connectivity index (χ3n) is 1.05. The number of hydrogen-bond donors (Lipinski definition) is 2. The zero-order valence-electron chi connectivity index (χ0n) is 5.73. The van der Waals surface area contributed by atoms with Gasteiger partial charge in [-0.25, -0.2) is 5.01 Å². The monoisotopic (exact) mass is 142 g/mol. The molecule has 0 aliphatic rings. The third kappa shape index (κ3) is 3.03.